The van der Waals surface area contributed by atoms with E-state index in [0.29, 0.717) is 0 Å². The molecule has 0 aliphatic rings. The van der Waals surface area contributed by atoms with E-state index in [0.717, 1.165) is 18.4 Å². The molecule has 0 fully saturated rings. The Morgan fingerprint density at radius 1 is 1.36 bits per heavy atom. The zero-order valence-corrected chi connectivity index (χ0v) is 8.39. The van der Waals surface area contributed by atoms with Gasteiger partial charge in [-0.1, -0.05) is 61.0 Å². The highest BCUT2D eigenvalue weighted by molar-refractivity contribution is 5.49. The Bertz CT molecular complexity index is 292. The molecule has 2 nitrogen and oxygen atoms in total. The van der Waals surface area contributed by atoms with Crippen molar-refractivity contribution in [2.45, 2.75) is 25.8 Å². The molecule has 0 aliphatic carbocycles. The fourth-order valence-corrected chi connectivity index (χ4v) is 1.27. The summed E-state index contributed by atoms with van der Waals surface area (Å²) in [4.78, 5) is 10.4. The fourth-order valence-electron chi connectivity index (χ4n) is 1.27. The van der Waals surface area contributed by atoms with E-state index in [1.807, 2.05) is 42.5 Å². The van der Waals surface area contributed by atoms with Crippen LogP contribution in [0.25, 0.3) is 6.08 Å². The molecule has 2 heteroatoms. The molecule has 0 radical (unpaired) electrons. The highest BCUT2D eigenvalue weighted by Crippen LogP contribution is 2.07. The molecule has 0 aromatic heterocycles. The standard InChI is InChI=1S/C12H15NO/c1-2-6-12(13-14)10-9-11-7-4-3-5-8-11/h3-5,7-10,12H,2,6H2,1H3. The van der Waals surface area contributed by atoms with Crippen molar-refractivity contribution in [3.05, 3.63) is 46.9 Å². The van der Waals surface area contributed by atoms with Gasteiger partial charge in [0.1, 0.15) is 6.04 Å². The van der Waals surface area contributed by atoms with Crippen LogP contribution in [0.3, 0.4) is 0 Å². The van der Waals surface area contributed by atoms with Crippen molar-refractivity contribution in [2.24, 2.45) is 5.18 Å². The Morgan fingerprint density at radius 3 is 2.64 bits per heavy atom. The minimum Gasteiger partial charge on any atom is -0.150 e. The summed E-state index contributed by atoms with van der Waals surface area (Å²) in [6.45, 7) is 2.05. The lowest BCUT2D eigenvalue weighted by molar-refractivity contribution is 0.703. The largest absolute Gasteiger partial charge is 0.150 e. The van der Waals surface area contributed by atoms with Crippen molar-refractivity contribution >= 4 is 6.08 Å². The summed E-state index contributed by atoms with van der Waals surface area (Å²) < 4.78 is 0. The van der Waals surface area contributed by atoms with Gasteiger partial charge in [0, 0.05) is 0 Å². The van der Waals surface area contributed by atoms with Gasteiger partial charge in [-0.2, -0.15) is 4.91 Å². The van der Waals surface area contributed by atoms with E-state index in [1.165, 1.54) is 0 Å². The Hall–Kier alpha value is -1.44. The molecule has 0 saturated carbocycles. The Labute approximate surface area is 84.6 Å². The van der Waals surface area contributed by atoms with E-state index in [2.05, 4.69) is 12.1 Å². The van der Waals surface area contributed by atoms with Crippen LogP contribution in [-0.2, 0) is 0 Å². The quantitative estimate of drug-likeness (QED) is 0.650. The van der Waals surface area contributed by atoms with Gasteiger partial charge in [-0.15, -0.1) is 0 Å². The van der Waals surface area contributed by atoms with Crippen LogP contribution >= 0.6 is 0 Å². The number of hydrogen-bond acceptors (Lipinski definition) is 2. The fraction of sp³-hybridized carbons (Fsp3) is 0.333. The maximum absolute atomic E-state index is 10.4. The summed E-state index contributed by atoms with van der Waals surface area (Å²) >= 11 is 0. The van der Waals surface area contributed by atoms with Crippen LogP contribution in [0.4, 0.5) is 0 Å². The molecular formula is C12H15NO. The first-order chi connectivity index (χ1) is 6.86. The highest BCUT2D eigenvalue weighted by atomic mass is 16.3. The molecule has 0 aliphatic heterocycles. The first-order valence-electron chi connectivity index (χ1n) is 4.92. The molecule has 1 unspecified atom stereocenters. The first-order valence-corrected chi connectivity index (χ1v) is 4.92. The van der Waals surface area contributed by atoms with E-state index >= 15 is 0 Å². The normalized spacial score (nSPS) is 12.9. The Kier molecular flexibility index (Phi) is 4.62. The molecule has 0 amide bonds. The van der Waals surface area contributed by atoms with Gasteiger partial charge in [-0.25, -0.2) is 0 Å². The predicted octanol–water partition coefficient (Wildman–Crippen LogP) is 3.63. The summed E-state index contributed by atoms with van der Waals surface area (Å²) in [5.41, 5.74) is 1.11. The number of nitrogens with zero attached hydrogens (tertiary/aromatic N) is 1. The molecule has 0 N–H and O–H groups in total. The van der Waals surface area contributed by atoms with Crippen molar-refractivity contribution in [3.63, 3.8) is 0 Å². The lowest BCUT2D eigenvalue weighted by Crippen LogP contribution is -1.96. The van der Waals surface area contributed by atoms with Gasteiger partial charge >= 0.3 is 0 Å². The van der Waals surface area contributed by atoms with Crippen LogP contribution in [0.15, 0.2) is 41.6 Å². The van der Waals surface area contributed by atoms with E-state index in [-0.39, 0.29) is 6.04 Å². The van der Waals surface area contributed by atoms with Crippen LogP contribution in [0.1, 0.15) is 25.3 Å². The maximum atomic E-state index is 10.4. The Morgan fingerprint density at radius 2 is 2.07 bits per heavy atom. The molecule has 0 saturated heterocycles. The topological polar surface area (TPSA) is 29.4 Å². The van der Waals surface area contributed by atoms with Crippen molar-refractivity contribution < 1.29 is 0 Å². The molecule has 14 heavy (non-hydrogen) atoms. The van der Waals surface area contributed by atoms with Gasteiger partial charge in [0.25, 0.3) is 0 Å². The lowest BCUT2D eigenvalue weighted by atomic mass is 10.1. The van der Waals surface area contributed by atoms with Gasteiger partial charge in [-0.3, -0.25) is 0 Å². The van der Waals surface area contributed by atoms with Gasteiger partial charge in [-0.05, 0) is 12.0 Å². The number of benzene rings is 1. The second-order valence-corrected chi connectivity index (χ2v) is 3.23. The van der Waals surface area contributed by atoms with Crippen LogP contribution in [0.2, 0.25) is 0 Å². The third kappa shape index (κ3) is 3.52. The van der Waals surface area contributed by atoms with Gasteiger partial charge in [0.05, 0.1) is 0 Å². The van der Waals surface area contributed by atoms with Crippen LogP contribution < -0.4 is 0 Å². The highest BCUT2D eigenvalue weighted by Gasteiger charge is 2.00. The van der Waals surface area contributed by atoms with E-state index in [9.17, 15) is 4.91 Å². The zero-order valence-electron chi connectivity index (χ0n) is 8.39. The zero-order chi connectivity index (χ0) is 10.2. The average Bonchev–Trinajstić information content (AvgIpc) is 2.25. The molecule has 0 heterocycles. The van der Waals surface area contributed by atoms with Gasteiger partial charge in [0.2, 0.25) is 0 Å². The van der Waals surface area contributed by atoms with Gasteiger partial charge in [0.15, 0.2) is 0 Å². The average molecular weight is 189 g/mol. The van der Waals surface area contributed by atoms with Crippen LogP contribution in [-0.4, -0.2) is 6.04 Å². The molecule has 74 valence electrons. The molecule has 1 rings (SSSR count). The lowest BCUT2D eigenvalue weighted by Gasteiger charge is -1.99. The molecule has 0 spiro atoms. The van der Waals surface area contributed by atoms with Crippen molar-refractivity contribution in [3.8, 4) is 0 Å². The third-order valence-corrected chi connectivity index (χ3v) is 2.03. The minimum absolute atomic E-state index is 0.180. The molecule has 1 atom stereocenters. The van der Waals surface area contributed by atoms with Crippen LogP contribution in [0.5, 0.6) is 0 Å². The van der Waals surface area contributed by atoms with E-state index in [4.69, 9.17) is 0 Å². The minimum atomic E-state index is -0.180. The molecule has 1 aromatic rings. The summed E-state index contributed by atoms with van der Waals surface area (Å²) in [6.07, 6.45) is 5.62. The number of hydrogen-bond donors (Lipinski definition) is 0. The summed E-state index contributed by atoms with van der Waals surface area (Å²) in [5.74, 6) is 0. The predicted molar refractivity (Wildman–Crippen MR) is 60.0 cm³/mol. The monoisotopic (exact) mass is 189 g/mol. The number of rotatable bonds is 5. The van der Waals surface area contributed by atoms with E-state index in [1.54, 1.807) is 0 Å². The van der Waals surface area contributed by atoms with Crippen LogP contribution in [0, 0.1) is 4.91 Å². The Balaban J connectivity index is 2.58. The molecule has 0 bridgehead atoms. The van der Waals surface area contributed by atoms with Crippen molar-refractivity contribution in [1.29, 1.82) is 0 Å². The molecular weight excluding hydrogens is 174 g/mol. The second-order valence-electron chi connectivity index (χ2n) is 3.23. The van der Waals surface area contributed by atoms with Gasteiger partial charge < -0.3 is 0 Å². The summed E-state index contributed by atoms with van der Waals surface area (Å²) in [7, 11) is 0. The van der Waals surface area contributed by atoms with E-state index < -0.39 is 0 Å². The second kappa shape index (κ2) is 6.08. The van der Waals surface area contributed by atoms with Crippen molar-refractivity contribution in [2.75, 3.05) is 0 Å². The smallest absolute Gasteiger partial charge is 0.110 e. The first kappa shape index (κ1) is 10.6. The third-order valence-electron chi connectivity index (χ3n) is 2.03. The van der Waals surface area contributed by atoms with Crippen molar-refractivity contribution in [1.82, 2.24) is 0 Å². The number of nitroso groups, excluding NO2 is 1. The SMILES string of the molecule is CCCC(C=Cc1ccccc1)N=O. The molecule has 1 aromatic carbocycles. The summed E-state index contributed by atoms with van der Waals surface area (Å²) in [5, 5.41) is 3.06. The summed E-state index contributed by atoms with van der Waals surface area (Å²) in [6, 6.07) is 9.75. The maximum Gasteiger partial charge on any atom is 0.110 e.